The van der Waals surface area contributed by atoms with Gasteiger partial charge in [0.05, 0.1) is 23.3 Å². The molecular formula is C17H20N4O2. The minimum atomic E-state index is -0.0149. The van der Waals surface area contributed by atoms with Crippen LogP contribution in [0.3, 0.4) is 0 Å². The first-order valence-corrected chi connectivity index (χ1v) is 7.80. The largest absolute Gasteiger partial charge is 0.359 e. The molecule has 0 atom stereocenters. The Morgan fingerprint density at radius 2 is 2.17 bits per heavy atom. The summed E-state index contributed by atoms with van der Waals surface area (Å²) in [6.07, 6.45) is 1.24. The van der Waals surface area contributed by atoms with Gasteiger partial charge in [-0.05, 0) is 19.1 Å². The Kier molecular flexibility index (Phi) is 4.41. The van der Waals surface area contributed by atoms with Gasteiger partial charge in [0.15, 0.2) is 5.76 Å². The summed E-state index contributed by atoms with van der Waals surface area (Å²) in [6, 6.07) is 9.82. The number of fused-ring (bicyclic) bond motifs is 1. The number of carbonyl (C=O) groups is 1. The van der Waals surface area contributed by atoms with Crippen molar-refractivity contribution in [2.24, 2.45) is 0 Å². The molecule has 2 aromatic heterocycles. The smallest absolute Gasteiger partial charge is 0.222 e. The zero-order valence-corrected chi connectivity index (χ0v) is 13.4. The lowest BCUT2D eigenvalue weighted by molar-refractivity contribution is -0.121. The number of hydrogen-bond acceptors (Lipinski definition) is 4. The van der Waals surface area contributed by atoms with Crippen molar-refractivity contribution in [3.63, 3.8) is 0 Å². The first-order valence-electron chi connectivity index (χ1n) is 7.80. The van der Waals surface area contributed by atoms with Gasteiger partial charge in [0, 0.05) is 25.5 Å². The third kappa shape index (κ3) is 3.41. The van der Waals surface area contributed by atoms with Crippen LogP contribution in [0, 0.1) is 6.92 Å². The number of aromatic nitrogens is 3. The van der Waals surface area contributed by atoms with Crippen molar-refractivity contribution in [2.45, 2.75) is 39.8 Å². The van der Waals surface area contributed by atoms with Gasteiger partial charge in [-0.15, -0.1) is 0 Å². The van der Waals surface area contributed by atoms with Crippen LogP contribution in [0.25, 0.3) is 11.0 Å². The van der Waals surface area contributed by atoms with E-state index < -0.39 is 0 Å². The molecule has 1 amide bonds. The monoisotopic (exact) mass is 312 g/mol. The molecule has 6 heteroatoms. The first-order chi connectivity index (χ1) is 11.2. The molecule has 2 heterocycles. The number of imidazole rings is 1. The minimum Gasteiger partial charge on any atom is -0.359 e. The van der Waals surface area contributed by atoms with Crippen LogP contribution in [-0.2, 0) is 24.3 Å². The fourth-order valence-corrected chi connectivity index (χ4v) is 2.63. The molecule has 3 rings (SSSR count). The summed E-state index contributed by atoms with van der Waals surface area (Å²) in [4.78, 5) is 16.7. The average molecular weight is 312 g/mol. The number of nitrogens with one attached hydrogen (secondary N) is 1. The summed E-state index contributed by atoms with van der Waals surface area (Å²) in [6.45, 7) is 4.91. The summed E-state index contributed by atoms with van der Waals surface area (Å²) in [5, 5.41) is 6.65. The van der Waals surface area contributed by atoms with E-state index in [-0.39, 0.29) is 5.91 Å². The summed E-state index contributed by atoms with van der Waals surface area (Å²) in [7, 11) is 0. The fourth-order valence-electron chi connectivity index (χ4n) is 2.63. The number of nitrogens with zero attached hydrogens (tertiary/aromatic N) is 3. The minimum absolute atomic E-state index is 0.0149. The van der Waals surface area contributed by atoms with Gasteiger partial charge in [0.2, 0.25) is 5.91 Å². The lowest BCUT2D eigenvalue weighted by Gasteiger charge is -2.08. The van der Waals surface area contributed by atoms with Crippen molar-refractivity contribution in [3.05, 3.63) is 47.6 Å². The molecule has 0 saturated heterocycles. The molecule has 0 aliphatic carbocycles. The molecule has 0 radical (unpaired) electrons. The first kappa shape index (κ1) is 15.3. The molecule has 0 unspecified atom stereocenters. The van der Waals surface area contributed by atoms with Crippen LogP contribution in [0.2, 0.25) is 0 Å². The molecule has 0 aliphatic rings. The van der Waals surface area contributed by atoms with E-state index in [1.165, 1.54) is 0 Å². The maximum absolute atomic E-state index is 12.0. The Hall–Kier alpha value is -2.63. The third-order valence-electron chi connectivity index (χ3n) is 3.75. The van der Waals surface area contributed by atoms with Gasteiger partial charge < -0.3 is 14.4 Å². The van der Waals surface area contributed by atoms with Crippen LogP contribution in [-0.4, -0.2) is 20.6 Å². The van der Waals surface area contributed by atoms with E-state index in [1.807, 2.05) is 37.3 Å². The van der Waals surface area contributed by atoms with Gasteiger partial charge in [-0.1, -0.05) is 24.2 Å². The lowest BCUT2D eigenvalue weighted by Crippen LogP contribution is -2.24. The second-order valence-corrected chi connectivity index (χ2v) is 5.48. The molecule has 1 aromatic carbocycles. The average Bonchev–Trinajstić information content (AvgIpc) is 3.14. The molecule has 3 aromatic rings. The number of rotatable bonds is 6. The molecule has 6 nitrogen and oxygen atoms in total. The van der Waals surface area contributed by atoms with Crippen LogP contribution in [0.5, 0.6) is 0 Å². The standard InChI is InChI=1S/C17H20N4O2/c1-3-16-19-14-6-4-5-7-15(14)21(16)9-8-17(22)18-11-13-10-12(2)20-23-13/h4-7,10H,3,8-9,11H2,1-2H3,(H,18,22). The highest BCUT2D eigenvalue weighted by Gasteiger charge is 2.11. The summed E-state index contributed by atoms with van der Waals surface area (Å²) in [5.74, 6) is 1.65. The van der Waals surface area contributed by atoms with Crippen molar-refractivity contribution < 1.29 is 9.32 Å². The molecule has 0 bridgehead atoms. The van der Waals surface area contributed by atoms with E-state index in [0.29, 0.717) is 25.3 Å². The number of amides is 1. The van der Waals surface area contributed by atoms with Gasteiger partial charge in [-0.3, -0.25) is 4.79 Å². The second-order valence-electron chi connectivity index (χ2n) is 5.48. The van der Waals surface area contributed by atoms with Gasteiger partial charge in [0.1, 0.15) is 5.82 Å². The highest BCUT2D eigenvalue weighted by atomic mass is 16.5. The van der Waals surface area contributed by atoms with E-state index in [0.717, 1.165) is 29.0 Å². The molecule has 0 fully saturated rings. The van der Waals surface area contributed by atoms with Crippen LogP contribution in [0.4, 0.5) is 0 Å². The zero-order chi connectivity index (χ0) is 16.2. The van der Waals surface area contributed by atoms with Crippen molar-refractivity contribution in [1.29, 1.82) is 0 Å². The van der Waals surface area contributed by atoms with E-state index in [4.69, 9.17) is 4.52 Å². The Labute approximate surface area is 134 Å². The molecule has 0 aliphatic heterocycles. The number of aryl methyl sites for hydroxylation is 3. The van der Waals surface area contributed by atoms with E-state index in [2.05, 4.69) is 26.9 Å². The fraction of sp³-hybridized carbons (Fsp3) is 0.353. The topological polar surface area (TPSA) is 73.0 Å². The number of para-hydroxylation sites is 2. The van der Waals surface area contributed by atoms with Crippen molar-refractivity contribution in [3.8, 4) is 0 Å². The predicted octanol–water partition coefficient (Wildman–Crippen LogP) is 2.60. The Balaban J connectivity index is 1.62. The molecule has 0 saturated carbocycles. The van der Waals surface area contributed by atoms with Gasteiger partial charge in [0.25, 0.3) is 0 Å². The van der Waals surface area contributed by atoms with Crippen LogP contribution < -0.4 is 5.32 Å². The number of carbonyl (C=O) groups excluding carboxylic acids is 1. The molecule has 120 valence electrons. The third-order valence-corrected chi connectivity index (χ3v) is 3.75. The number of hydrogen-bond donors (Lipinski definition) is 1. The molecule has 1 N–H and O–H groups in total. The molecular weight excluding hydrogens is 292 g/mol. The van der Waals surface area contributed by atoms with Gasteiger partial charge in [-0.25, -0.2) is 4.98 Å². The van der Waals surface area contributed by atoms with Crippen molar-refractivity contribution >= 4 is 16.9 Å². The Morgan fingerprint density at radius 1 is 1.35 bits per heavy atom. The van der Waals surface area contributed by atoms with Crippen molar-refractivity contribution in [1.82, 2.24) is 20.0 Å². The van der Waals surface area contributed by atoms with Gasteiger partial charge >= 0.3 is 0 Å². The Morgan fingerprint density at radius 3 is 2.91 bits per heavy atom. The molecule has 23 heavy (non-hydrogen) atoms. The van der Waals surface area contributed by atoms with E-state index in [9.17, 15) is 4.79 Å². The van der Waals surface area contributed by atoms with Crippen molar-refractivity contribution in [2.75, 3.05) is 0 Å². The number of benzene rings is 1. The maximum atomic E-state index is 12.0. The maximum Gasteiger partial charge on any atom is 0.222 e. The van der Waals surface area contributed by atoms with E-state index >= 15 is 0 Å². The lowest BCUT2D eigenvalue weighted by atomic mass is 10.3. The predicted molar refractivity (Wildman–Crippen MR) is 86.8 cm³/mol. The highest BCUT2D eigenvalue weighted by molar-refractivity contribution is 5.78. The van der Waals surface area contributed by atoms with E-state index in [1.54, 1.807) is 0 Å². The van der Waals surface area contributed by atoms with Gasteiger partial charge in [-0.2, -0.15) is 0 Å². The SMILES string of the molecule is CCc1nc2ccccc2n1CCC(=O)NCc1cc(C)no1. The normalized spacial score (nSPS) is 11.0. The van der Waals surface area contributed by atoms with Crippen LogP contribution in [0.1, 0.15) is 30.6 Å². The highest BCUT2D eigenvalue weighted by Crippen LogP contribution is 2.16. The summed E-state index contributed by atoms with van der Waals surface area (Å²) >= 11 is 0. The second kappa shape index (κ2) is 6.64. The Bertz CT molecular complexity index is 819. The van der Waals surface area contributed by atoms with Crippen LogP contribution in [0.15, 0.2) is 34.9 Å². The summed E-state index contributed by atoms with van der Waals surface area (Å²) in [5.41, 5.74) is 2.86. The summed E-state index contributed by atoms with van der Waals surface area (Å²) < 4.78 is 7.20. The zero-order valence-electron chi connectivity index (χ0n) is 13.4. The molecule has 0 spiro atoms. The van der Waals surface area contributed by atoms with Crippen LogP contribution >= 0.6 is 0 Å². The quantitative estimate of drug-likeness (QED) is 0.759.